The number of aromatic hydroxyl groups is 1. The number of hydrogen-bond donors (Lipinski definition) is 13. The van der Waals surface area contributed by atoms with E-state index in [1.165, 1.54) is 35.7 Å². The number of thioether (sulfide) groups is 2. The second kappa shape index (κ2) is 35.7. The lowest BCUT2D eigenvalue weighted by Crippen LogP contribution is -2.61. The minimum Gasteiger partial charge on any atom is -0.508 e. The van der Waals surface area contributed by atoms with Gasteiger partial charge in [-0.2, -0.15) is 0 Å². The number of phenolic OH excluding ortho intramolecular Hbond substituents is 1. The van der Waals surface area contributed by atoms with Crippen LogP contribution < -0.4 is 43.4 Å². The molecule has 8 aromatic carbocycles. The quantitative estimate of drug-likeness (QED) is 0.0262. The summed E-state index contributed by atoms with van der Waals surface area (Å²) in [6.07, 6.45) is -8.83. The molecule has 1 aliphatic heterocycles. The van der Waals surface area contributed by atoms with E-state index in [1.54, 1.807) is 42.5 Å². The third kappa shape index (κ3) is 19.1. The van der Waals surface area contributed by atoms with E-state index < -0.39 is 138 Å². The van der Waals surface area contributed by atoms with Gasteiger partial charge in [-0.3, -0.25) is 33.6 Å². The van der Waals surface area contributed by atoms with E-state index in [-0.39, 0.29) is 30.1 Å². The highest BCUT2D eigenvalue weighted by molar-refractivity contribution is 8.01. The molecule has 0 bridgehead atoms. The third-order valence-electron chi connectivity index (χ3n) is 16.7. The predicted molar refractivity (Wildman–Crippen MR) is 376 cm³/mol. The standard InChI is InChI=1S/C75H80N8O14S2/c76-57(40-49-36-38-56(85)39-37-49)68(91)82-60(46-98-74(50-24-10-2-11-25-50,51-26-12-3-13-27-51)52-28-14-4-15-29-52)70(93)79-43-64(87)80-58(41-48-22-8-1-9-23-48)71(94)83-61(47-99-75(53-30-16-5-17-31-53,54-32-18-6-19-33-54)55-34-20-7-21-35-55)72(95)81-59(69(92)78-42-63(77)86)45-96-73-67(90)66(89)65(88)62(44-84)97-73/h1-39,57-62,65-67,73,84-85,88-90H,40-47,76H2,(H2,77,86)(H,78,92)(H,79,93)(H,80,87)(H,81,95)(H,82,91)(H,83,94)/t57-,58-,59-,60+,61+,62+,65+,66-,67-,73-/m0/s1. The Morgan fingerprint density at radius 1 is 0.444 bits per heavy atom. The molecular formula is C75H80N8O14S2. The Morgan fingerprint density at radius 2 is 0.818 bits per heavy atom. The summed E-state index contributed by atoms with van der Waals surface area (Å²) in [6.45, 7) is -3.05. The molecule has 1 heterocycles. The minimum atomic E-state index is -1.91. The van der Waals surface area contributed by atoms with Gasteiger partial charge in [0.05, 0.1) is 41.8 Å². The second-order valence-corrected chi connectivity index (χ2v) is 26.1. The van der Waals surface area contributed by atoms with Crippen LogP contribution in [0.1, 0.15) is 44.5 Å². The van der Waals surface area contributed by atoms with E-state index in [1.807, 2.05) is 182 Å². The lowest BCUT2D eigenvalue weighted by atomic mass is 9.84. The van der Waals surface area contributed by atoms with Crippen LogP contribution in [0.15, 0.2) is 237 Å². The van der Waals surface area contributed by atoms with E-state index in [4.69, 9.17) is 20.9 Å². The van der Waals surface area contributed by atoms with Gasteiger partial charge in [0.2, 0.25) is 41.4 Å². The van der Waals surface area contributed by atoms with Crippen molar-refractivity contribution in [2.75, 3.05) is 37.8 Å². The van der Waals surface area contributed by atoms with Crippen molar-refractivity contribution in [2.24, 2.45) is 11.5 Å². The smallest absolute Gasteiger partial charge is 0.245 e. The van der Waals surface area contributed by atoms with Gasteiger partial charge in [0.15, 0.2) is 6.29 Å². The first-order valence-electron chi connectivity index (χ1n) is 32.0. The molecule has 0 unspecified atom stereocenters. The Balaban J connectivity index is 1.03. The Hall–Kier alpha value is -9.73. The first-order chi connectivity index (χ1) is 47.9. The molecule has 0 aromatic heterocycles. The largest absolute Gasteiger partial charge is 0.508 e. The fourth-order valence-corrected chi connectivity index (χ4v) is 14.7. The van der Waals surface area contributed by atoms with Gasteiger partial charge in [-0.25, -0.2) is 0 Å². The molecule has 516 valence electrons. The fraction of sp³-hybridized carbons (Fsp3) is 0.267. The van der Waals surface area contributed by atoms with Gasteiger partial charge in [0.1, 0.15) is 54.3 Å². The van der Waals surface area contributed by atoms with Crippen molar-refractivity contribution in [1.29, 1.82) is 0 Å². The van der Waals surface area contributed by atoms with E-state index in [0.717, 1.165) is 33.4 Å². The van der Waals surface area contributed by atoms with Crippen LogP contribution in [0, 0.1) is 0 Å². The number of rotatable bonds is 33. The number of primary amides is 1. The summed E-state index contributed by atoms with van der Waals surface area (Å²) < 4.78 is 9.24. The number of nitrogens with one attached hydrogen (secondary N) is 6. The number of carbonyl (C=O) groups is 7. The Labute approximate surface area is 581 Å². The Bertz CT molecular complexity index is 3730. The highest BCUT2D eigenvalue weighted by atomic mass is 32.2. The van der Waals surface area contributed by atoms with Gasteiger partial charge in [-0.05, 0) is 63.1 Å². The van der Waals surface area contributed by atoms with Gasteiger partial charge < -0.3 is 78.4 Å². The molecule has 10 atom stereocenters. The van der Waals surface area contributed by atoms with Crippen molar-refractivity contribution in [3.8, 4) is 5.75 Å². The summed E-state index contributed by atoms with van der Waals surface area (Å²) >= 11 is 2.65. The monoisotopic (exact) mass is 1380 g/mol. The summed E-state index contributed by atoms with van der Waals surface area (Å²) in [5.41, 5.74) is 18.1. The number of amides is 7. The number of carbonyl (C=O) groups excluding carboxylic acids is 7. The SMILES string of the molecule is NC(=O)CNC(=O)[C@H](CO[C@H]1O[C@H](CO)[C@@H](O)[C@H](O)[C@@H]1O)NC(=O)[C@@H](CSC(c1ccccc1)(c1ccccc1)c1ccccc1)NC(=O)[C@H](Cc1ccccc1)NC(=O)CNC(=O)[C@@H](CSC(c1ccccc1)(c1ccccc1)c1ccccc1)NC(=O)[C@@H](N)Cc1ccc(O)cc1. The number of ether oxygens (including phenoxy) is 2. The predicted octanol–water partition coefficient (Wildman–Crippen LogP) is 3.43. The molecular weight excluding hydrogens is 1300 g/mol. The van der Waals surface area contributed by atoms with Crippen molar-refractivity contribution < 1.29 is 68.6 Å². The molecule has 22 nitrogen and oxygen atoms in total. The van der Waals surface area contributed by atoms with Crippen LogP contribution in [0.4, 0.5) is 0 Å². The second-order valence-electron chi connectivity index (χ2n) is 23.6. The summed E-state index contributed by atoms with van der Waals surface area (Å²) in [6, 6.07) is 65.0. The molecule has 0 spiro atoms. The number of nitrogens with two attached hydrogens (primary N) is 2. The summed E-state index contributed by atoms with van der Waals surface area (Å²) in [7, 11) is 0. The van der Waals surface area contributed by atoms with Crippen LogP contribution in [-0.2, 0) is 65.4 Å². The van der Waals surface area contributed by atoms with Crippen molar-refractivity contribution in [2.45, 2.75) is 83.3 Å². The first-order valence-corrected chi connectivity index (χ1v) is 34.0. The Kier molecular flexibility index (Phi) is 26.5. The van der Waals surface area contributed by atoms with Gasteiger partial charge in [0.25, 0.3) is 0 Å². The number of hydrogen-bond acceptors (Lipinski definition) is 17. The molecule has 9 rings (SSSR count). The molecule has 7 amide bonds. The van der Waals surface area contributed by atoms with Gasteiger partial charge in [-0.15, -0.1) is 23.5 Å². The maximum absolute atomic E-state index is 15.4. The maximum atomic E-state index is 15.4. The van der Waals surface area contributed by atoms with E-state index in [0.29, 0.717) is 11.1 Å². The molecule has 24 heteroatoms. The van der Waals surface area contributed by atoms with Crippen molar-refractivity contribution in [1.82, 2.24) is 31.9 Å². The van der Waals surface area contributed by atoms with E-state index in [9.17, 15) is 49.5 Å². The van der Waals surface area contributed by atoms with Gasteiger partial charge in [-0.1, -0.05) is 224 Å². The average molecular weight is 1380 g/mol. The number of phenols is 1. The Morgan fingerprint density at radius 3 is 1.25 bits per heavy atom. The highest BCUT2D eigenvalue weighted by Crippen LogP contribution is 2.50. The minimum absolute atomic E-state index is 0.0227. The summed E-state index contributed by atoms with van der Waals surface area (Å²) in [4.78, 5) is 101. The zero-order valence-corrected chi connectivity index (χ0v) is 55.5. The lowest BCUT2D eigenvalue weighted by molar-refractivity contribution is -0.301. The van der Waals surface area contributed by atoms with Crippen molar-refractivity contribution in [3.63, 3.8) is 0 Å². The molecule has 99 heavy (non-hydrogen) atoms. The van der Waals surface area contributed by atoms with Crippen molar-refractivity contribution in [3.05, 3.63) is 281 Å². The highest BCUT2D eigenvalue weighted by Gasteiger charge is 2.46. The number of benzene rings is 8. The van der Waals surface area contributed by atoms with Crippen LogP contribution in [0.2, 0.25) is 0 Å². The molecule has 1 aliphatic rings. The van der Waals surface area contributed by atoms with E-state index in [2.05, 4.69) is 31.9 Å². The lowest BCUT2D eigenvalue weighted by Gasteiger charge is -2.40. The van der Waals surface area contributed by atoms with Crippen LogP contribution in [0.25, 0.3) is 0 Å². The zero-order chi connectivity index (χ0) is 70.3. The zero-order valence-electron chi connectivity index (χ0n) is 53.8. The van der Waals surface area contributed by atoms with Gasteiger partial charge in [0, 0.05) is 17.9 Å². The fourth-order valence-electron chi connectivity index (χ4n) is 11.6. The summed E-state index contributed by atoms with van der Waals surface area (Å²) in [5, 5.41) is 67.9. The number of aliphatic hydroxyl groups is 4. The van der Waals surface area contributed by atoms with E-state index >= 15 is 9.59 Å². The van der Waals surface area contributed by atoms with Crippen LogP contribution in [-0.4, -0.2) is 166 Å². The van der Waals surface area contributed by atoms with Gasteiger partial charge >= 0.3 is 0 Å². The first kappa shape index (κ1) is 73.5. The molecule has 8 aromatic rings. The summed E-state index contributed by atoms with van der Waals surface area (Å²) in [5.74, 6) is -6.45. The molecule has 1 saturated heterocycles. The third-order valence-corrected chi connectivity index (χ3v) is 20.0. The number of aliphatic hydroxyl groups excluding tert-OH is 4. The maximum Gasteiger partial charge on any atom is 0.245 e. The topological polar surface area (TPSA) is 363 Å². The average Bonchev–Trinajstić information content (AvgIpc) is 0.764. The van der Waals surface area contributed by atoms with Crippen molar-refractivity contribution >= 4 is 64.9 Å². The molecule has 1 fully saturated rings. The molecule has 0 aliphatic carbocycles. The molecule has 0 saturated carbocycles. The van der Waals surface area contributed by atoms with Crippen LogP contribution in [0.3, 0.4) is 0 Å². The molecule has 15 N–H and O–H groups in total. The molecule has 0 radical (unpaired) electrons. The van der Waals surface area contributed by atoms with Crippen LogP contribution >= 0.6 is 23.5 Å². The normalized spacial score (nSPS) is 17.6. The van der Waals surface area contributed by atoms with Crippen LogP contribution in [0.5, 0.6) is 5.75 Å².